The highest BCUT2D eigenvalue weighted by Gasteiger charge is 2.15. The smallest absolute Gasteiger partial charge is 0.343 e. The number of benzene rings is 4. The number of hydrogen-bond donors (Lipinski definition) is 2. The lowest BCUT2D eigenvalue weighted by Gasteiger charge is -2.10. The summed E-state index contributed by atoms with van der Waals surface area (Å²) >= 11 is 0. The number of hydrogen-bond acceptors (Lipinski definition) is 7. The number of anilines is 1. The van der Waals surface area contributed by atoms with E-state index in [1.165, 1.54) is 49.7 Å². The largest absolute Gasteiger partial charge is 0.493 e. The fraction of sp³-hybridized carbons (Fsp3) is 0.0690. The number of aryl methyl sites for hydroxylation is 1. The molecule has 0 aliphatic rings. The van der Waals surface area contributed by atoms with Gasteiger partial charge in [-0.1, -0.05) is 35.9 Å². The molecular formula is C29H25N3O6S. The van der Waals surface area contributed by atoms with Gasteiger partial charge in [0.25, 0.3) is 15.9 Å². The van der Waals surface area contributed by atoms with Crippen molar-refractivity contribution in [1.29, 1.82) is 0 Å². The summed E-state index contributed by atoms with van der Waals surface area (Å²) in [5.74, 6) is -0.438. The van der Waals surface area contributed by atoms with Gasteiger partial charge in [-0.3, -0.25) is 9.52 Å². The molecule has 0 radical (unpaired) electrons. The van der Waals surface area contributed by atoms with E-state index in [-0.39, 0.29) is 16.2 Å². The molecule has 0 aromatic heterocycles. The lowest BCUT2D eigenvalue weighted by Crippen LogP contribution is -2.18. The highest BCUT2D eigenvalue weighted by molar-refractivity contribution is 7.92. The van der Waals surface area contributed by atoms with E-state index >= 15 is 0 Å². The third kappa shape index (κ3) is 7.08. The third-order valence-electron chi connectivity index (χ3n) is 5.51. The molecule has 0 aliphatic heterocycles. The normalized spacial score (nSPS) is 11.1. The number of sulfonamides is 1. The van der Waals surface area contributed by atoms with Crippen LogP contribution in [0.4, 0.5) is 5.69 Å². The Morgan fingerprint density at radius 3 is 2.15 bits per heavy atom. The Kier molecular flexibility index (Phi) is 8.37. The van der Waals surface area contributed by atoms with Crippen molar-refractivity contribution in [3.05, 3.63) is 119 Å². The number of amides is 1. The predicted octanol–water partition coefficient (Wildman–Crippen LogP) is 4.79. The Balaban J connectivity index is 1.36. The molecule has 0 atom stereocenters. The summed E-state index contributed by atoms with van der Waals surface area (Å²) in [6.07, 6.45) is 1.41. The van der Waals surface area contributed by atoms with Gasteiger partial charge in [0.2, 0.25) is 0 Å². The van der Waals surface area contributed by atoms with Crippen LogP contribution in [0, 0.1) is 6.92 Å². The van der Waals surface area contributed by atoms with Crippen LogP contribution >= 0.6 is 0 Å². The Labute approximate surface area is 226 Å². The van der Waals surface area contributed by atoms with Gasteiger partial charge in [-0.05, 0) is 79.2 Å². The van der Waals surface area contributed by atoms with Gasteiger partial charge < -0.3 is 9.47 Å². The summed E-state index contributed by atoms with van der Waals surface area (Å²) in [6.45, 7) is 1.93. The quantitative estimate of drug-likeness (QED) is 0.135. The number of hydrazone groups is 1. The predicted molar refractivity (Wildman–Crippen MR) is 148 cm³/mol. The number of carbonyl (C=O) groups is 2. The van der Waals surface area contributed by atoms with E-state index in [2.05, 4.69) is 15.2 Å². The maximum atomic E-state index is 12.5. The molecule has 4 aromatic rings. The van der Waals surface area contributed by atoms with E-state index in [4.69, 9.17) is 9.47 Å². The van der Waals surface area contributed by atoms with E-state index < -0.39 is 21.9 Å². The van der Waals surface area contributed by atoms with Gasteiger partial charge in [0.15, 0.2) is 11.5 Å². The molecule has 0 fully saturated rings. The van der Waals surface area contributed by atoms with Crippen molar-refractivity contribution < 1.29 is 27.5 Å². The second-order valence-electron chi connectivity index (χ2n) is 8.36. The lowest BCUT2D eigenvalue weighted by atomic mass is 10.1. The van der Waals surface area contributed by atoms with Gasteiger partial charge in [0.1, 0.15) is 0 Å². The number of nitrogens with zero attached hydrogens (tertiary/aromatic N) is 1. The number of methoxy groups -OCH3 is 1. The van der Waals surface area contributed by atoms with Crippen molar-refractivity contribution in [1.82, 2.24) is 5.43 Å². The molecule has 0 bridgehead atoms. The molecule has 0 saturated heterocycles. The average Bonchev–Trinajstić information content (AvgIpc) is 2.94. The van der Waals surface area contributed by atoms with Crippen molar-refractivity contribution in [2.75, 3.05) is 11.8 Å². The van der Waals surface area contributed by atoms with Crippen LogP contribution in [-0.2, 0) is 10.0 Å². The second kappa shape index (κ2) is 12.1. The van der Waals surface area contributed by atoms with Crippen LogP contribution in [0.3, 0.4) is 0 Å². The zero-order chi connectivity index (χ0) is 27.8. The Hall–Kier alpha value is -4.96. The van der Waals surface area contributed by atoms with Crippen LogP contribution in [0.25, 0.3) is 0 Å². The number of rotatable bonds is 9. The first-order valence-electron chi connectivity index (χ1n) is 11.7. The molecule has 1 amide bonds. The lowest BCUT2D eigenvalue weighted by molar-refractivity contribution is 0.0729. The maximum Gasteiger partial charge on any atom is 0.343 e. The van der Waals surface area contributed by atoms with Gasteiger partial charge in [-0.2, -0.15) is 5.10 Å². The van der Waals surface area contributed by atoms with Crippen LogP contribution in [0.15, 0.2) is 107 Å². The molecule has 4 aromatic carbocycles. The zero-order valence-corrected chi connectivity index (χ0v) is 21.9. The monoisotopic (exact) mass is 543 g/mol. The van der Waals surface area contributed by atoms with E-state index in [1.54, 1.807) is 48.5 Å². The topological polar surface area (TPSA) is 123 Å². The first-order chi connectivity index (χ1) is 18.7. The van der Waals surface area contributed by atoms with Crippen LogP contribution in [-0.4, -0.2) is 33.6 Å². The minimum atomic E-state index is -3.73. The molecule has 2 N–H and O–H groups in total. The summed E-state index contributed by atoms with van der Waals surface area (Å²) in [6, 6.07) is 25.8. The highest BCUT2D eigenvalue weighted by atomic mass is 32.2. The summed E-state index contributed by atoms with van der Waals surface area (Å²) in [5, 5.41) is 3.96. The van der Waals surface area contributed by atoms with Gasteiger partial charge in [0, 0.05) is 11.3 Å². The van der Waals surface area contributed by atoms with E-state index in [0.717, 1.165) is 5.56 Å². The molecule has 0 spiro atoms. The minimum absolute atomic E-state index is 0.134. The van der Waals surface area contributed by atoms with Crippen molar-refractivity contribution >= 4 is 33.8 Å². The fourth-order valence-corrected chi connectivity index (χ4v) is 4.51. The molecule has 10 heteroatoms. The van der Waals surface area contributed by atoms with Crippen molar-refractivity contribution in [2.24, 2.45) is 5.10 Å². The second-order valence-corrected chi connectivity index (χ2v) is 10.0. The maximum absolute atomic E-state index is 12.5. The number of ether oxygens (including phenoxy) is 2. The molecule has 39 heavy (non-hydrogen) atoms. The highest BCUT2D eigenvalue weighted by Crippen LogP contribution is 2.28. The van der Waals surface area contributed by atoms with Gasteiger partial charge in [-0.15, -0.1) is 0 Å². The average molecular weight is 544 g/mol. The van der Waals surface area contributed by atoms with E-state index in [1.807, 2.05) is 19.1 Å². The molecule has 4 rings (SSSR count). The summed E-state index contributed by atoms with van der Waals surface area (Å²) in [5.41, 5.74) is 5.05. The number of esters is 1. The van der Waals surface area contributed by atoms with Crippen molar-refractivity contribution in [3.8, 4) is 11.5 Å². The standard InChI is InChI=1S/C29H25N3O6S/c1-20-8-11-23(12-9-20)29(34)38-26-17-10-21(18-27(26)37-2)19-30-31-28(33)22-13-15-24(16-14-22)32-39(35,36)25-6-4-3-5-7-25/h3-19,32H,1-2H3,(H,31,33)/b30-19+. The number of nitrogens with one attached hydrogen (secondary N) is 2. The molecule has 0 saturated carbocycles. The Morgan fingerprint density at radius 2 is 1.49 bits per heavy atom. The zero-order valence-electron chi connectivity index (χ0n) is 21.1. The molecular weight excluding hydrogens is 518 g/mol. The van der Waals surface area contributed by atoms with Crippen molar-refractivity contribution in [3.63, 3.8) is 0 Å². The van der Waals surface area contributed by atoms with Crippen molar-refractivity contribution in [2.45, 2.75) is 11.8 Å². The molecule has 198 valence electrons. The summed E-state index contributed by atoms with van der Waals surface area (Å²) < 4.78 is 38.2. The fourth-order valence-electron chi connectivity index (χ4n) is 3.43. The molecule has 0 heterocycles. The summed E-state index contributed by atoms with van der Waals surface area (Å²) in [7, 11) is -2.29. The SMILES string of the molecule is COc1cc(/C=N/NC(=O)c2ccc(NS(=O)(=O)c3ccccc3)cc2)ccc1OC(=O)c1ccc(C)cc1. The molecule has 0 aliphatic carbocycles. The Bertz CT molecular complexity index is 1600. The summed E-state index contributed by atoms with van der Waals surface area (Å²) in [4.78, 5) is 25.0. The molecule has 0 unspecified atom stereocenters. The van der Waals surface area contributed by atoms with Crippen LogP contribution < -0.4 is 19.6 Å². The van der Waals surface area contributed by atoms with Gasteiger partial charge >= 0.3 is 5.97 Å². The Morgan fingerprint density at radius 1 is 0.821 bits per heavy atom. The minimum Gasteiger partial charge on any atom is -0.493 e. The first kappa shape index (κ1) is 27.1. The van der Waals surface area contributed by atoms with E-state index in [0.29, 0.717) is 22.6 Å². The van der Waals surface area contributed by atoms with Crippen LogP contribution in [0.1, 0.15) is 31.8 Å². The first-order valence-corrected chi connectivity index (χ1v) is 13.2. The van der Waals surface area contributed by atoms with Gasteiger partial charge in [-0.25, -0.2) is 18.6 Å². The van der Waals surface area contributed by atoms with Crippen LogP contribution in [0.5, 0.6) is 11.5 Å². The van der Waals surface area contributed by atoms with Gasteiger partial charge in [0.05, 0.1) is 23.8 Å². The third-order valence-corrected chi connectivity index (χ3v) is 6.91. The number of carbonyl (C=O) groups excluding carboxylic acids is 2. The van der Waals surface area contributed by atoms with Crippen LogP contribution in [0.2, 0.25) is 0 Å². The molecule has 9 nitrogen and oxygen atoms in total. The van der Waals surface area contributed by atoms with E-state index in [9.17, 15) is 18.0 Å².